The predicted molar refractivity (Wildman–Crippen MR) is 85.3 cm³/mol. The maximum Gasteiger partial charge on any atom is 0.327 e. The van der Waals surface area contributed by atoms with E-state index in [4.69, 9.17) is 4.18 Å². The highest BCUT2D eigenvalue weighted by molar-refractivity contribution is 8.01. The number of amides is 1. The quantitative estimate of drug-likeness (QED) is 0.480. The van der Waals surface area contributed by atoms with E-state index in [1.807, 2.05) is 44.2 Å². The summed E-state index contributed by atoms with van der Waals surface area (Å²) in [5.74, 6) is -0.467. The molecule has 0 spiro atoms. The van der Waals surface area contributed by atoms with E-state index < -0.39 is 22.8 Å². The Morgan fingerprint density at radius 1 is 1.41 bits per heavy atom. The molecule has 118 valence electrons. The summed E-state index contributed by atoms with van der Waals surface area (Å²) in [4.78, 5) is 25.1. The molecule has 2 N–H and O–H groups in total. The van der Waals surface area contributed by atoms with Crippen LogP contribution < -0.4 is 8.91 Å². The Balaban J connectivity index is 1.59. The molecule has 3 atom stereocenters. The third kappa shape index (κ3) is 2.55. The topological polar surface area (TPSA) is 78.9 Å². The van der Waals surface area contributed by atoms with Crippen molar-refractivity contribution < 1.29 is 18.9 Å². The Bertz CT molecular complexity index is 596. The average molecular weight is 340 g/mol. The van der Waals surface area contributed by atoms with Gasteiger partial charge in [-0.3, -0.25) is 4.79 Å². The van der Waals surface area contributed by atoms with Gasteiger partial charge in [0.05, 0.1) is 0 Å². The molecular formula is C14H16N2O4S2. The van der Waals surface area contributed by atoms with E-state index in [0.29, 0.717) is 5.75 Å². The predicted octanol–water partition coefficient (Wildman–Crippen LogP) is 1.73. The summed E-state index contributed by atoms with van der Waals surface area (Å²) in [6.45, 7) is 3.71. The van der Waals surface area contributed by atoms with Crippen molar-refractivity contribution in [2.24, 2.45) is 0 Å². The van der Waals surface area contributed by atoms with Crippen LogP contribution in [0.25, 0.3) is 0 Å². The van der Waals surface area contributed by atoms with Crippen molar-refractivity contribution in [1.29, 1.82) is 0 Å². The maximum atomic E-state index is 12.2. The summed E-state index contributed by atoms with van der Waals surface area (Å²) in [6.07, 6.45) is 0. The minimum absolute atomic E-state index is 0.171. The summed E-state index contributed by atoms with van der Waals surface area (Å²) in [6, 6.07) is 8.03. The van der Waals surface area contributed by atoms with Crippen LogP contribution in [0.3, 0.4) is 0 Å². The van der Waals surface area contributed by atoms with Crippen molar-refractivity contribution >= 4 is 35.9 Å². The van der Waals surface area contributed by atoms with Crippen LogP contribution in [-0.4, -0.2) is 44.1 Å². The number of para-hydroxylation sites is 1. The van der Waals surface area contributed by atoms with Crippen molar-refractivity contribution in [2.75, 3.05) is 0 Å². The van der Waals surface area contributed by atoms with Crippen LogP contribution in [0.5, 0.6) is 5.75 Å². The van der Waals surface area contributed by atoms with E-state index in [2.05, 4.69) is 4.72 Å². The van der Waals surface area contributed by atoms with Crippen molar-refractivity contribution in [3.63, 3.8) is 0 Å². The highest BCUT2D eigenvalue weighted by atomic mass is 32.2. The molecule has 0 radical (unpaired) electrons. The first-order valence-electron chi connectivity index (χ1n) is 6.79. The number of fused-ring (bicyclic) bond motifs is 1. The second-order valence-electron chi connectivity index (χ2n) is 5.67. The van der Waals surface area contributed by atoms with Gasteiger partial charge in [0, 0.05) is 4.75 Å². The number of benzene rings is 1. The molecule has 0 aliphatic carbocycles. The fourth-order valence-corrected chi connectivity index (χ4v) is 5.02. The Morgan fingerprint density at radius 3 is 2.73 bits per heavy atom. The molecule has 8 heteroatoms. The summed E-state index contributed by atoms with van der Waals surface area (Å²) in [5.41, 5.74) is 0. The molecule has 2 heterocycles. The van der Waals surface area contributed by atoms with Gasteiger partial charge in [0.1, 0.15) is 35.4 Å². The molecule has 2 fully saturated rings. The van der Waals surface area contributed by atoms with Crippen molar-refractivity contribution in [3.8, 4) is 5.75 Å². The van der Waals surface area contributed by atoms with Gasteiger partial charge >= 0.3 is 5.97 Å². The van der Waals surface area contributed by atoms with E-state index in [1.165, 1.54) is 16.7 Å². The molecule has 1 aromatic rings. The van der Waals surface area contributed by atoms with E-state index in [0.717, 1.165) is 12.2 Å². The molecular weight excluding hydrogens is 324 g/mol. The maximum absolute atomic E-state index is 12.2. The second kappa shape index (κ2) is 5.68. The van der Waals surface area contributed by atoms with Crippen molar-refractivity contribution in [3.05, 3.63) is 30.3 Å². The molecule has 3 rings (SSSR count). The smallest absolute Gasteiger partial charge is 0.327 e. The second-order valence-corrected chi connectivity index (χ2v) is 8.01. The van der Waals surface area contributed by atoms with Crippen LogP contribution >= 0.6 is 24.0 Å². The minimum Gasteiger partial charge on any atom is -0.480 e. The van der Waals surface area contributed by atoms with Gasteiger partial charge in [-0.25, -0.2) is 9.52 Å². The summed E-state index contributed by atoms with van der Waals surface area (Å²) in [5, 5.41) is 9.17. The number of β-lactam (4-membered cyclic amide) rings is 1. The number of carbonyl (C=O) groups is 2. The number of carboxylic acid groups (broad SMARTS) is 1. The van der Waals surface area contributed by atoms with Gasteiger partial charge in [0.15, 0.2) is 0 Å². The lowest BCUT2D eigenvalue weighted by Crippen LogP contribution is -2.69. The Morgan fingerprint density at radius 2 is 2.09 bits per heavy atom. The van der Waals surface area contributed by atoms with Gasteiger partial charge < -0.3 is 14.2 Å². The van der Waals surface area contributed by atoms with E-state index >= 15 is 0 Å². The van der Waals surface area contributed by atoms with Crippen LogP contribution in [0.2, 0.25) is 0 Å². The molecule has 1 unspecified atom stereocenters. The number of thioether (sulfide) groups is 1. The first kappa shape index (κ1) is 15.5. The first-order chi connectivity index (χ1) is 10.4. The third-order valence-electron chi connectivity index (χ3n) is 3.73. The van der Waals surface area contributed by atoms with Crippen LogP contribution in [0.1, 0.15) is 13.8 Å². The fraction of sp³-hybridized carbons (Fsp3) is 0.429. The monoisotopic (exact) mass is 340 g/mol. The number of carbonyl (C=O) groups excluding carboxylic acids is 1. The molecule has 0 bridgehead atoms. The van der Waals surface area contributed by atoms with Crippen molar-refractivity contribution in [1.82, 2.24) is 9.62 Å². The number of aliphatic carboxylic acids is 1. The number of hydrogen-bond donors (Lipinski definition) is 2. The minimum atomic E-state index is -0.958. The molecule has 22 heavy (non-hydrogen) atoms. The zero-order valence-corrected chi connectivity index (χ0v) is 13.7. The molecule has 1 aromatic carbocycles. The Hall–Kier alpha value is -1.38. The largest absolute Gasteiger partial charge is 0.480 e. The third-order valence-corrected chi connectivity index (χ3v) is 5.93. The van der Waals surface area contributed by atoms with E-state index in [9.17, 15) is 14.7 Å². The number of nitrogens with one attached hydrogen (secondary N) is 1. The van der Waals surface area contributed by atoms with Gasteiger partial charge in [-0.1, -0.05) is 18.2 Å². The molecule has 6 nitrogen and oxygen atoms in total. The molecule has 0 aromatic heterocycles. The number of carboxylic acids is 1. The zero-order chi connectivity index (χ0) is 15.9. The average Bonchev–Trinajstić information content (AvgIpc) is 2.73. The van der Waals surface area contributed by atoms with E-state index in [-0.39, 0.29) is 11.3 Å². The van der Waals surface area contributed by atoms with Gasteiger partial charge in [-0.15, -0.1) is 11.8 Å². The zero-order valence-electron chi connectivity index (χ0n) is 12.1. The lowest BCUT2D eigenvalue weighted by Gasteiger charge is -2.43. The van der Waals surface area contributed by atoms with Gasteiger partial charge in [-0.2, -0.15) is 0 Å². The normalized spacial score (nSPS) is 28.9. The van der Waals surface area contributed by atoms with Crippen LogP contribution in [0, 0.1) is 0 Å². The SMILES string of the molecule is CC1(C)S[C@@H]2C(NSOc3ccccc3)C(=O)N2[C@H]1C(=O)O. The lowest BCUT2D eigenvalue weighted by atomic mass is 9.96. The summed E-state index contributed by atoms with van der Waals surface area (Å²) >= 11 is 2.50. The van der Waals surface area contributed by atoms with E-state index in [1.54, 1.807) is 0 Å². The van der Waals surface area contributed by atoms with Gasteiger partial charge in [0.25, 0.3) is 0 Å². The summed E-state index contributed by atoms with van der Waals surface area (Å²) in [7, 11) is 0. The summed E-state index contributed by atoms with van der Waals surface area (Å²) < 4.78 is 7.91. The molecule has 2 aliphatic rings. The molecule has 2 aliphatic heterocycles. The number of hydrogen-bond acceptors (Lipinski definition) is 6. The van der Waals surface area contributed by atoms with Crippen LogP contribution in [0.4, 0.5) is 0 Å². The molecule has 1 amide bonds. The Labute approximate surface area is 136 Å². The van der Waals surface area contributed by atoms with Crippen LogP contribution in [-0.2, 0) is 9.59 Å². The van der Waals surface area contributed by atoms with Crippen molar-refractivity contribution in [2.45, 2.75) is 36.1 Å². The highest BCUT2D eigenvalue weighted by Crippen LogP contribution is 2.51. The fourth-order valence-electron chi connectivity index (χ4n) is 2.72. The molecule has 0 saturated carbocycles. The lowest BCUT2D eigenvalue weighted by molar-refractivity contribution is -0.159. The molecule has 2 saturated heterocycles. The van der Waals surface area contributed by atoms with Gasteiger partial charge in [0.2, 0.25) is 5.91 Å². The standard InChI is InChI=1S/C14H16N2O4S2/c1-14(2)10(13(18)19)16-11(17)9(12(16)21-14)15-22-20-8-6-4-3-5-7-8/h3-7,9-10,12,15H,1-2H3,(H,18,19)/t9?,10-,12+/m0/s1. The number of rotatable bonds is 5. The number of nitrogens with zero attached hydrogens (tertiary/aromatic N) is 1. The highest BCUT2D eigenvalue weighted by Gasteiger charge is 2.63. The first-order valence-corrected chi connectivity index (χ1v) is 8.41. The Kier molecular flexibility index (Phi) is 4.00. The van der Waals surface area contributed by atoms with Gasteiger partial charge in [-0.05, 0) is 26.0 Å². The van der Waals surface area contributed by atoms with Crippen LogP contribution in [0.15, 0.2) is 30.3 Å².